The molecular formula is C13H13N3OS2. The molecule has 1 atom stereocenters. The molecule has 1 aromatic heterocycles. The quantitative estimate of drug-likeness (QED) is 0.857. The van der Waals surface area contributed by atoms with Gasteiger partial charge in [0.1, 0.15) is 5.01 Å². The van der Waals surface area contributed by atoms with Gasteiger partial charge in [0.2, 0.25) is 0 Å². The van der Waals surface area contributed by atoms with Crippen molar-refractivity contribution in [3.8, 4) is 10.6 Å². The van der Waals surface area contributed by atoms with E-state index in [2.05, 4.69) is 27.3 Å². The molecule has 6 heteroatoms. The Bertz CT molecular complexity index is 612. The van der Waals surface area contributed by atoms with Gasteiger partial charge in [-0.05, 0) is 13.2 Å². The predicted molar refractivity (Wildman–Crippen MR) is 78.3 cm³/mol. The van der Waals surface area contributed by atoms with Crippen LogP contribution in [0.2, 0.25) is 0 Å². The van der Waals surface area contributed by atoms with Gasteiger partial charge in [-0.1, -0.05) is 42.1 Å². The summed E-state index contributed by atoms with van der Waals surface area (Å²) in [6.07, 6.45) is 1.98. The second kappa shape index (κ2) is 5.03. The molecule has 0 saturated carbocycles. The van der Waals surface area contributed by atoms with Crippen LogP contribution in [0, 0.1) is 6.92 Å². The van der Waals surface area contributed by atoms with Gasteiger partial charge in [-0.3, -0.25) is 0 Å². The molecule has 1 unspecified atom stereocenters. The number of thiazole rings is 1. The van der Waals surface area contributed by atoms with Crippen molar-refractivity contribution in [2.24, 2.45) is 10.2 Å². The highest BCUT2D eigenvalue weighted by Gasteiger charge is 2.39. The molecule has 0 spiro atoms. The fourth-order valence-electron chi connectivity index (χ4n) is 1.96. The van der Waals surface area contributed by atoms with Crippen LogP contribution in [-0.2, 0) is 9.79 Å². The Hall–Kier alpha value is -1.24. The van der Waals surface area contributed by atoms with Crippen molar-refractivity contribution < 1.29 is 4.74 Å². The van der Waals surface area contributed by atoms with Gasteiger partial charge in [-0.25, -0.2) is 4.98 Å². The Balaban J connectivity index is 2.05. The normalized spacial score (nSPS) is 22.0. The minimum absolute atomic E-state index is 0.318. The van der Waals surface area contributed by atoms with Gasteiger partial charge in [-0.2, -0.15) is 5.11 Å². The summed E-state index contributed by atoms with van der Waals surface area (Å²) in [5.74, 6) is 0. The number of rotatable bonds is 3. The van der Waals surface area contributed by atoms with E-state index in [-0.39, 0.29) is 0 Å². The van der Waals surface area contributed by atoms with Crippen LogP contribution in [0.25, 0.3) is 10.6 Å². The first-order valence-corrected chi connectivity index (χ1v) is 7.90. The van der Waals surface area contributed by atoms with Crippen LogP contribution >= 0.6 is 23.1 Å². The van der Waals surface area contributed by atoms with Crippen LogP contribution in [0.4, 0.5) is 0 Å². The largest absolute Gasteiger partial charge is 0.315 e. The van der Waals surface area contributed by atoms with E-state index >= 15 is 0 Å². The number of ether oxygens (including phenoxy) is 1. The van der Waals surface area contributed by atoms with Gasteiger partial charge in [0.15, 0.2) is 6.73 Å². The van der Waals surface area contributed by atoms with Crippen molar-refractivity contribution in [3.05, 3.63) is 40.9 Å². The minimum atomic E-state index is -0.700. The Morgan fingerprint density at radius 2 is 2.11 bits per heavy atom. The van der Waals surface area contributed by atoms with Gasteiger partial charge in [0, 0.05) is 5.56 Å². The number of aromatic nitrogens is 1. The van der Waals surface area contributed by atoms with Gasteiger partial charge < -0.3 is 4.74 Å². The highest BCUT2D eigenvalue weighted by Crippen LogP contribution is 2.46. The van der Waals surface area contributed by atoms with Crippen LogP contribution in [-0.4, -0.2) is 18.0 Å². The minimum Gasteiger partial charge on any atom is -0.315 e. The average Bonchev–Trinajstić information content (AvgIpc) is 3.07. The lowest BCUT2D eigenvalue weighted by atomic mass is 10.2. The number of thioether (sulfide) groups is 1. The van der Waals surface area contributed by atoms with Crippen LogP contribution < -0.4 is 0 Å². The summed E-state index contributed by atoms with van der Waals surface area (Å²) in [6.45, 7) is 2.31. The van der Waals surface area contributed by atoms with Crippen molar-refractivity contribution in [2.75, 3.05) is 13.0 Å². The molecule has 1 aliphatic rings. The molecule has 0 aliphatic carbocycles. The van der Waals surface area contributed by atoms with Crippen LogP contribution in [0.5, 0.6) is 0 Å². The molecule has 1 aliphatic heterocycles. The highest BCUT2D eigenvalue weighted by molar-refractivity contribution is 7.99. The number of hydrogen-bond acceptors (Lipinski definition) is 6. The molecule has 98 valence electrons. The van der Waals surface area contributed by atoms with Crippen molar-refractivity contribution in [3.63, 3.8) is 0 Å². The zero-order valence-electron chi connectivity index (χ0n) is 10.7. The smallest absolute Gasteiger partial charge is 0.265 e. The molecule has 3 rings (SSSR count). The monoisotopic (exact) mass is 291 g/mol. The van der Waals surface area contributed by atoms with Gasteiger partial charge in [0.05, 0.1) is 10.6 Å². The fraction of sp³-hybridized carbons (Fsp3) is 0.308. The van der Waals surface area contributed by atoms with Crippen LogP contribution in [0.3, 0.4) is 0 Å². The zero-order chi connectivity index (χ0) is 13.3. The molecule has 1 aromatic carbocycles. The first kappa shape index (κ1) is 12.8. The molecule has 4 nitrogen and oxygen atoms in total. The van der Waals surface area contributed by atoms with E-state index in [9.17, 15) is 0 Å². The third-order valence-electron chi connectivity index (χ3n) is 2.90. The molecule has 2 heterocycles. The second-order valence-corrected chi connectivity index (χ2v) is 6.06. The summed E-state index contributed by atoms with van der Waals surface area (Å²) in [7, 11) is 0. The number of aryl methyl sites for hydroxylation is 1. The molecule has 0 bridgehead atoms. The summed E-state index contributed by atoms with van der Waals surface area (Å²) >= 11 is 3.17. The van der Waals surface area contributed by atoms with Crippen molar-refractivity contribution in [1.29, 1.82) is 0 Å². The van der Waals surface area contributed by atoms with E-state index in [0.717, 1.165) is 21.1 Å². The van der Waals surface area contributed by atoms with E-state index in [1.807, 2.05) is 31.4 Å². The molecule has 0 amide bonds. The lowest BCUT2D eigenvalue weighted by Gasteiger charge is -2.19. The zero-order valence-corrected chi connectivity index (χ0v) is 12.3. The number of hydrogen-bond donors (Lipinski definition) is 0. The SMILES string of the molecule is CSC1(c2sc(-c3ccccc3)nc2C)N=NCO1. The maximum Gasteiger partial charge on any atom is 0.265 e. The van der Waals surface area contributed by atoms with Crippen molar-refractivity contribution >= 4 is 23.1 Å². The molecule has 2 aromatic rings. The van der Waals surface area contributed by atoms with E-state index < -0.39 is 5.06 Å². The topological polar surface area (TPSA) is 46.8 Å². The lowest BCUT2D eigenvalue weighted by Crippen LogP contribution is -2.18. The summed E-state index contributed by atoms with van der Waals surface area (Å²) < 4.78 is 5.71. The van der Waals surface area contributed by atoms with Crippen LogP contribution in [0.15, 0.2) is 40.6 Å². The predicted octanol–water partition coefficient (Wildman–Crippen LogP) is 4.03. The first-order valence-electron chi connectivity index (χ1n) is 5.86. The summed E-state index contributed by atoms with van der Waals surface area (Å²) in [6, 6.07) is 10.2. The standard InChI is InChI=1S/C13H13N3OS2/c1-9-11(13(18-2)16-14-8-17-13)19-12(15-9)10-6-4-3-5-7-10/h3-7H,8H2,1-2H3. The average molecular weight is 291 g/mol. The van der Waals surface area contributed by atoms with E-state index in [1.54, 1.807) is 23.1 Å². The molecule has 0 fully saturated rings. The number of azo groups is 1. The third kappa shape index (κ3) is 2.20. The summed E-state index contributed by atoms with van der Waals surface area (Å²) in [4.78, 5) is 5.67. The Labute approximate surface area is 119 Å². The summed E-state index contributed by atoms with van der Waals surface area (Å²) in [5.41, 5.74) is 2.08. The number of benzene rings is 1. The third-order valence-corrected chi connectivity index (χ3v) is 5.28. The molecule has 0 N–H and O–H groups in total. The Morgan fingerprint density at radius 3 is 2.74 bits per heavy atom. The van der Waals surface area contributed by atoms with E-state index in [0.29, 0.717) is 6.73 Å². The fourth-order valence-corrected chi connectivity index (χ4v) is 4.03. The number of nitrogens with zero attached hydrogens (tertiary/aromatic N) is 3. The first-order chi connectivity index (χ1) is 9.25. The van der Waals surface area contributed by atoms with Gasteiger partial charge in [0.25, 0.3) is 5.06 Å². The van der Waals surface area contributed by atoms with E-state index in [4.69, 9.17) is 4.74 Å². The molecule has 0 saturated heterocycles. The highest BCUT2D eigenvalue weighted by atomic mass is 32.2. The molecular weight excluding hydrogens is 278 g/mol. The molecule has 19 heavy (non-hydrogen) atoms. The van der Waals surface area contributed by atoms with Crippen molar-refractivity contribution in [1.82, 2.24) is 4.98 Å². The maximum atomic E-state index is 5.71. The second-order valence-electron chi connectivity index (χ2n) is 4.10. The van der Waals surface area contributed by atoms with E-state index in [1.165, 1.54) is 0 Å². The summed E-state index contributed by atoms with van der Waals surface area (Å²) in [5, 5.41) is 8.52. The Morgan fingerprint density at radius 1 is 1.32 bits per heavy atom. The van der Waals surface area contributed by atoms with Crippen molar-refractivity contribution in [2.45, 2.75) is 12.0 Å². The maximum absolute atomic E-state index is 5.71. The van der Waals surface area contributed by atoms with Gasteiger partial charge >= 0.3 is 0 Å². The van der Waals surface area contributed by atoms with Gasteiger partial charge in [-0.15, -0.1) is 16.5 Å². The van der Waals surface area contributed by atoms with Crippen LogP contribution in [0.1, 0.15) is 10.6 Å². The Kier molecular flexibility index (Phi) is 3.38. The molecule has 0 radical (unpaired) electrons. The lowest BCUT2D eigenvalue weighted by molar-refractivity contribution is 0.0733.